The zero-order chi connectivity index (χ0) is 24.6. The largest absolute Gasteiger partial charge is 0.497 e. The van der Waals surface area contributed by atoms with E-state index in [1.807, 2.05) is 37.3 Å². The van der Waals surface area contributed by atoms with Crippen LogP contribution in [-0.4, -0.2) is 31.8 Å². The Morgan fingerprint density at radius 3 is 2.46 bits per heavy atom. The Labute approximate surface area is 202 Å². The van der Waals surface area contributed by atoms with Crippen molar-refractivity contribution in [2.75, 3.05) is 13.7 Å². The SMILES string of the molecule is CCOc1ccc(C(=O)Oc2ccc3ccccc3c2/C=N\NC(=O)c2cccc(OC)c2)cc1. The number of carbonyl (C=O) groups excluding carboxylic acids is 2. The fourth-order valence-electron chi connectivity index (χ4n) is 3.49. The first-order valence-corrected chi connectivity index (χ1v) is 11.0. The lowest BCUT2D eigenvalue weighted by Gasteiger charge is -2.11. The fraction of sp³-hybridized carbons (Fsp3) is 0.107. The fourth-order valence-corrected chi connectivity index (χ4v) is 3.49. The van der Waals surface area contributed by atoms with Gasteiger partial charge in [0, 0.05) is 11.1 Å². The first kappa shape index (κ1) is 23.5. The van der Waals surface area contributed by atoms with Crippen LogP contribution in [0.3, 0.4) is 0 Å². The molecule has 1 N–H and O–H groups in total. The summed E-state index contributed by atoms with van der Waals surface area (Å²) in [6.45, 7) is 2.43. The average molecular weight is 469 g/mol. The second-order valence-corrected chi connectivity index (χ2v) is 7.48. The van der Waals surface area contributed by atoms with Crippen molar-refractivity contribution in [3.8, 4) is 17.2 Å². The van der Waals surface area contributed by atoms with E-state index >= 15 is 0 Å². The topological polar surface area (TPSA) is 86.2 Å². The number of hydrogen-bond acceptors (Lipinski definition) is 6. The molecule has 0 heterocycles. The van der Waals surface area contributed by atoms with Crippen molar-refractivity contribution in [3.05, 3.63) is 102 Å². The summed E-state index contributed by atoms with van der Waals surface area (Å²) < 4.78 is 16.3. The molecule has 0 aromatic heterocycles. The van der Waals surface area contributed by atoms with E-state index in [9.17, 15) is 9.59 Å². The maximum atomic E-state index is 12.8. The summed E-state index contributed by atoms with van der Waals surface area (Å²) in [5.41, 5.74) is 3.87. The van der Waals surface area contributed by atoms with Gasteiger partial charge in [0.2, 0.25) is 0 Å². The number of ether oxygens (including phenoxy) is 3. The molecule has 0 saturated carbocycles. The number of rotatable bonds is 8. The monoisotopic (exact) mass is 468 g/mol. The number of nitrogens with one attached hydrogen (secondary N) is 1. The molecule has 0 radical (unpaired) electrons. The van der Waals surface area contributed by atoms with Crippen LogP contribution in [0.4, 0.5) is 0 Å². The number of amides is 1. The van der Waals surface area contributed by atoms with Crippen molar-refractivity contribution >= 4 is 28.9 Å². The van der Waals surface area contributed by atoms with Crippen LogP contribution < -0.4 is 19.6 Å². The number of esters is 1. The lowest BCUT2D eigenvalue weighted by Crippen LogP contribution is -2.17. The normalized spacial score (nSPS) is 10.8. The van der Waals surface area contributed by atoms with E-state index in [0.29, 0.717) is 40.5 Å². The van der Waals surface area contributed by atoms with Crippen molar-refractivity contribution in [3.63, 3.8) is 0 Å². The van der Waals surface area contributed by atoms with E-state index in [2.05, 4.69) is 10.5 Å². The Morgan fingerprint density at radius 2 is 1.69 bits per heavy atom. The highest BCUT2D eigenvalue weighted by Crippen LogP contribution is 2.27. The van der Waals surface area contributed by atoms with Crippen LogP contribution >= 0.6 is 0 Å². The second-order valence-electron chi connectivity index (χ2n) is 7.48. The summed E-state index contributed by atoms with van der Waals surface area (Å²) in [5, 5.41) is 5.88. The van der Waals surface area contributed by atoms with Gasteiger partial charge in [0.15, 0.2) is 0 Å². The maximum Gasteiger partial charge on any atom is 0.343 e. The van der Waals surface area contributed by atoms with Crippen LogP contribution in [0.5, 0.6) is 17.2 Å². The Kier molecular flexibility index (Phi) is 7.37. The predicted molar refractivity (Wildman–Crippen MR) is 135 cm³/mol. The zero-order valence-corrected chi connectivity index (χ0v) is 19.4. The highest BCUT2D eigenvalue weighted by Gasteiger charge is 2.14. The molecule has 4 rings (SSSR count). The summed E-state index contributed by atoms with van der Waals surface area (Å²) in [6.07, 6.45) is 1.47. The molecule has 0 aliphatic carbocycles. The van der Waals surface area contributed by atoms with Gasteiger partial charge in [-0.25, -0.2) is 10.2 Å². The molecule has 0 aliphatic heterocycles. The highest BCUT2D eigenvalue weighted by atomic mass is 16.5. The number of benzene rings is 4. The van der Waals surface area contributed by atoms with Crippen LogP contribution in [0.25, 0.3) is 10.8 Å². The summed E-state index contributed by atoms with van der Waals surface area (Å²) in [6, 6.07) is 24.7. The van der Waals surface area contributed by atoms with Crippen LogP contribution in [0, 0.1) is 0 Å². The molecule has 0 atom stereocenters. The molecule has 0 unspecified atom stereocenters. The van der Waals surface area contributed by atoms with Gasteiger partial charge in [-0.05, 0) is 66.2 Å². The van der Waals surface area contributed by atoms with Gasteiger partial charge < -0.3 is 14.2 Å². The van der Waals surface area contributed by atoms with Crippen molar-refractivity contribution in [1.29, 1.82) is 0 Å². The number of methoxy groups -OCH3 is 1. The number of fused-ring (bicyclic) bond motifs is 1. The number of hydrazone groups is 1. The van der Waals surface area contributed by atoms with E-state index in [1.165, 1.54) is 13.3 Å². The summed E-state index contributed by atoms with van der Waals surface area (Å²) in [5.74, 6) is 0.655. The van der Waals surface area contributed by atoms with Crippen molar-refractivity contribution in [2.45, 2.75) is 6.92 Å². The Morgan fingerprint density at radius 1 is 0.886 bits per heavy atom. The van der Waals surface area contributed by atoms with Crippen LogP contribution in [-0.2, 0) is 0 Å². The molecule has 7 nitrogen and oxygen atoms in total. The van der Waals surface area contributed by atoms with Crippen LogP contribution in [0.1, 0.15) is 33.2 Å². The van der Waals surface area contributed by atoms with Gasteiger partial charge in [-0.2, -0.15) is 5.10 Å². The zero-order valence-electron chi connectivity index (χ0n) is 19.4. The minimum Gasteiger partial charge on any atom is -0.497 e. The Hall–Kier alpha value is -4.65. The van der Waals surface area contributed by atoms with E-state index in [-0.39, 0.29) is 0 Å². The molecule has 35 heavy (non-hydrogen) atoms. The molecule has 4 aromatic rings. The van der Waals surface area contributed by atoms with Gasteiger partial charge in [-0.3, -0.25) is 4.79 Å². The Bertz CT molecular complexity index is 1380. The molecule has 0 fully saturated rings. The maximum absolute atomic E-state index is 12.8. The molecular weight excluding hydrogens is 444 g/mol. The quantitative estimate of drug-likeness (QED) is 0.166. The number of carbonyl (C=O) groups is 2. The lowest BCUT2D eigenvalue weighted by molar-refractivity contribution is 0.0734. The summed E-state index contributed by atoms with van der Waals surface area (Å²) in [4.78, 5) is 25.3. The molecule has 0 aliphatic rings. The van der Waals surface area contributed by atoms with Crippen molar-refractivity contribution < 1.29 is 23.8 Å². The predicted octanol–water partition coefficient (Wildman–Crippen LogP) is 5.23. The third-order valence-electron chi connectivity index (χ3n) is 5.23. The van der Waals surface area contributed by atoms with Crippen LogP contribution in [0.15, 0.2) is 90.0 Å². The van der Waals surface area contributed by atoms with Gasteiger partial charge in [0.05, 0.1) is 25.5 Å². The average Bonchev–Trinajstić information content (AvgIpc) is 2.90. The molecule has 0 spiro atoms. The van der Waals surface area contributed by atoms with E-state index in [0.717, 1.165) is 10.8 Å². The molecule has 1 amide bonds. The summed E-state index contributed by atoms with van der Waals surface area (Å²) >= 11 is 0. The molecular formula is C28H24N2O5. The lowest BCUT2D eigenvalue weighted by atomic mass is 10.0. The van der Waals surface area contributed by atoms with Crippen LogP contribution in [0.2, 0.25) is 0 Å². The molecule has 4 aromatic carbocycles. The van der Waals surface area contributed by atoms with Crippen molar-refractivity contribution in [2.24, 2.45) is 5.10 Å². The minimum atomic E-state index is -0.515. The summed E-state index contributed by atoms with van der Waals surface area (Å²) in [7, 11) is 1.53. The molecule has 176 valence electrons. The minimum absolute atomic E-state index is 0.321. The van der Waals surface area contributed by atoms with Gasteiger partial charge in [0.25, 0.3) is 5.91 Å². The van der Waals surface area contributed by atoms with Crippen molar-refractivity contribution in [1.82, 2.24) is 5.43 Å². The standard InChI is InChI=1S/C28H24N2O5/c1-3-34-22-14-11-20(12-15-22)28(32)35-26-16-13-19-7-4-5-10-24(19)25(26)18-29-30-27(31)21-8-6-9-23(17-21)33-2/h4-18H,3H2,1-2H3,(H,30,31)/b29-18-. The van der Waals surface area contributed by atoms with E-state index < -0.39 is 11.9 Å². The molecule has 0 saturated heterocycles. The van der Waals surface area contributed by atoms with E-state index in [4.69, 9.17) is 14.2 Å². The molecule has 7 heteroatoms. The number of nitrogens with zero attached hydrogens (tertiary/aromatic N) is 1. The smallest absolute Gasteiger partial charge is 0.343 e. The first-order valence-electron chi connectivity index (χ1n) is 11.0. The number of hydrogen-bond donors (Lipinski definition) is 1. The van der Waals surface area contributed by atoms with Gasteiger partial charge in [0.1, 0.15) is 17.2 Å². The third kappa shape index (κ3) is 5.65. The van der Waals surface area contributed by atoms with Gasteiger partial charge in [-0.15, -0.1) is 0 Å². The van der Waals surface area contributed by atoms with Gasteiger partial charge >= 0.3 is 5.97 Å². The molecule has 0 bridgehead atoms. The Balaban J connectivity index is 1.58. The third-order valence-corrected chi connectivity index (χ3v) is 5.23. The second kappa shape index (κ2) is 11.0. The van der Waals surface area contributed by atoms with E-state index in [1.54, 1.807) is 54.6 Å². The van der Waals surface area contributed by atoms with Gasteiger partial charge in [-0.1, -0.05) is 36.4 Å². The highest BCUT2D eigenvalue weighted by molar-refractivity contribution is 6.04. The first-order chi connectivity index (χ1) is 17.1.